The molecule has 6 rings (SSSR count). The van der Waals surface area contributed by atoms with Crippen LogP contribution in [0.25, 0.3) is 22.3 Å². The molecule has 12 heteroatoms. The van der Waals surface area contributed by atoms with Crippen LogP contribution in [0.1, 0.15) is 33.7 Å². The molecular weight excluding hydrogens is 573 g/mol. The van der Waals surface area contributed by atoms with Crippen molar-refractivity contribution < 1.29 is 32.5 Å². The van der Waals surface area contributed by atoms with Crippen molar-refractivity contribution in [3.63, 3.8) is 0 Å². The zero-order valence-electron chi connectivity index (χ0n) is 21.9. The molecule has 0 saturated carbocycles. The van der Waals surface area contributed by atoms with E-state index in [1.807, 2.05) is 4.57 Å². The number of carboxylic acids is 1. The number of hydrogen-bond acceptors (Lipinski definition) is 6. The van der Waals surface area contributed by atoms with Gasteiger partial charge in [0.05, 0.1) is 35.4 Å². The van der Waals surface area contributed by atoms with Gasteiger partial charge in [0, 0.05) is 29.2 Å². The molecule has 42 heavy (non-hydrogen) atoms. The van der Waals surface area contributed by atoms with Gasteiger partial charge in [-0.2, -0.15) is 4.98 Å². The first-order valence-corrected chi connectivity index (χ1v) is 13.3. The first-order chi connectivity index (χ1) is 20.2. The van der Waals surface area contributed by atoms with Gasteiger partial charge in [-0.3, -0.25) is 0 Å². The maximum absolute atomic E-state index is 15.4. The molecule has 1 fully saturated rings. The van der Waals surface area contributed by atoms with E-state index >= 15 is 4.39 Å². The number of aromatic nitrogens is 4. The monoisotopic (exact) mass is 594 g/mol. The van der Waals surface area contributed by atoms with Gasteiger partial charge in [0.25, 0.3) is 0 Å². The standard InChI is InChI=1S/C30H22ClF3N4O4/c31-19-4-2-18(22(32)12-19)15-42-30-35-13-24(34)28(37-30)21-5-1-16(9-23(21)33)10-27-36-25-6-3-17(29(39)40)11-26(25)38(27)14-20-7-8-41-20/h1-6,9,11-13,20H,7-8,10,14-15H2,(H,39,40)/t20-/m0/s1. The van der Waals surface area contributed by atoms with Crippen molar-refractivity contribution in [2.75, 3.05) is 6.61 Å². The van der Waals surface area contributed by atoms with E-state index in [0.717, 1.165) is 18.7 Å². The van der Waals surface area contributed by atoms with Crippen molar-refractivity contribution >= 4 is 28.6 Å². The van der Waals surface area contributed by atoms with Crippen LogP contribution < -0.4 is 4.74 Å². The van der Waals surface area contributed by atoms with Crippen LogP contribution in [0.5, 0.6) is 6.01 Å². The summed E-state index contributed by atoms with van der Waals surface area (Å²) >= 11 is 5.77. The minimum absolute atomic E-state index is 0.0258. The Morgan fingerprint density at radius 3 is 2.60 bits per heavy atom. The third-order valence-electron chi connectivity index (χ3n) is 7.00. The summed E-state index contributed by atoms with van der Waals surface area (Å²) < 4.78 is 57.0. The van der Waals surface area contributed by atoms with Crippen LogP contribution in [0.3, 0.4) is 0 Å². The summed E-state index contributed by atoms with van der Waals surface area (Å²) in [5, 5.41) is 9.68. The Kier molecular flexibility index (Phi) is 7.53. The fourth-order valence-electron chi connectivity index (χ4n) is 4.71. The highest BCUT2D eigenvalue weighted by molar-refractivity contribution is 6.30. The smallest absolute Gasteiger partial charge is 0.335 e. The maximum atomic E-state index is 15.4. The lowest BCUT2D eigenvalue weighted by atomic mass is 10.1. The number of nitrogens with zero attached hydrogens (tertiary/aromatic N) is 4. The number of carboxylic acid groups (broad SMARTS) is 1. The molecule has 0 unspecified atom stereocenters. The Bertz CT molecular complexity index is 1830. The topological polar surface area (TPSA) is 99.4 Å². The third-order valence-corrected chi connectivity index (χ3v) is 7.23. The minimum Gasteiger partial charge on any atom is -0.478 e. The third kappa shape index (κ3) is 5.65. The lowest BCUT2D eigenvalue weighted by Gasteiger charge is -2.27. The molecule has 1 N–H and O–H groups in total. The van der Waals surface area contributed by atoms with E-state index in [2.05, 4.69) is 15.0 Å². The molecule has 3 heterocycles. The van der Waals surface area contributed by atoms with Crippen molar-refractivity contribution in [2.45, 2.75) is 32.1 Å². The molecule has 5 aromatic rings. The molecule has 1 atom stereocenters. The number of rotatable bonds is 9. The van der Waals surface area contributed by atoms with E-state index < -0.39 is 23.4 Å². The van der Waals surface area contributed by atoms with Crippen LogP contribution >= 0.6 is 11.6 Å². The van der Waals surface area contributed by atoms with Gasteiger partial charge in [-0.25, -0.2) is 27.9 Å². The van der Waals surface area contributed by atoms with Crippen molar-refractivity contribution in [2.24, 2.45) is 0 Å². The summed E-state index contributed by atoms with van der Waals surface area (Å²) in [7, 11) is 0. The van der Waals surface area contributed by atoms with E-state index in [1.54, 1.807) is 18.2 Å². The van der Waals surface area contributed by atoms with Crippen LogP contribution in [0.15, 0.2) is 60.8 Å². The first-order valence-electron chi connectivity index (χ1n) is 13.0. The molecule has 1 aliphatic heterocycles. The molecule has 3 aromatic carbocycles. The zero-order valence-corrected chi connectivity index (χ0v) is 22.6. The van der Waals surface area contributed by atoms with Gasteiger partial charge in [-0.1, -0.05) is 23.7 Å². The number of hydrogen-bond donors (Lipinski definition) is 1. The number of ether oxygens (including phenoxy) is 2. The predicted molar refractivity (Wildman–Crippen MR) is 147 cm³/mol. The van der Waals surface area contributed by atoms with Crippen LogP contribution in [0.4, 0.5) is 13.2 Å². The lowest BCUT2D eigenvalue weighted by molar-refractivity contribution is -0.0589. The number of benzene rings is 3. The summed E-state index contributed by atoms with van der Waals surface area (Å²) in [6.07, 6.45) is 1.93. The predicted octanol–water partition coefficient (Wildman–Crippen LogP) is 6.22. The number of aromatic carboxylic acids is 1. The summed E-state index contributed by atoms with van der Waals surface area (Å²) in [5.41, 5.74) is 1.73. The SMILES string of the molecule is O=C(O)c1ccc2nc(Cc3ccc(-c4nc(OCc5ccc(Cl)cc5F)ncc4F)c(F)c3)n(C[C@@H]3CCO3)c2c1. The van der Waals surface area contributed by atoms with Crippen molar-refractivity contribution in [1.82, 2.24) is 19.5 Å². The van der Waals surface area contributed by atoms with Crippen molar-refractivity contribution in [3.8, 4) is 17.3 Å². The van der Waals surface area contributed by atoms with Gasteiger partial charge >= 0.3 is 12.0 Å². The van der Waals surface area contributed by atoms with E-state index in [1.165, 1.54) is 30.3 Å². The summed E-state index contributed by atoms with van der Waals surface area (Å²) in [6.45, 7) is 0.894. The summed E-state index contributed by atoms with van der Waals surface area (Å²) in [4.78, 5) is 24.0. The molecular formula is C30H22ClF3N4O4. The number of imidazole rings is 1. The van der Waals surface area contributed by atoms with Gasteiger partial charge in [-0.15, -0.1) is 0 Å². The van der Waals surface area contributed by atoms with Crippen LogP contribution in [0.2, 0.25) is 5.02 Å². The molecule has 0 bridgehead atoms. The van der Waals surface area contributed by atoms with E-state index in [0.29, 0.717) is 35.6 Å². The highest BCUT2D eigenvalue weighted by Gasteiger charge is 2.23. The Hall–Kier alpha value is -4.48. The Morgan fingerprint density at radius 1 is 1.05 bits per heavy atom. The number of carbonyl (C=O) groups is 1. The second-order valence-electron chi connectivity index (χ2n) is 9.79. The van der Waals surface area contributed by atoms with Gasteiger partial charge in [0.2, 0.25) is 0 Å². The van der Waals surface area contributed by atoms with Gasteiger partial charge in [-0.05, 0) is 54.4 Å². The molecule has 1 aliphatic rings. The lowest BCUT2D eigenvalue weighted by Crippen LogP contribution is -2.31. The molecule has 2 aromatic heterocycles. The summed E-state index contributed by atoms with van der Waals surface area (Å²) in [6, 6.07) is 12.8. The van der Waals surface area contributed by atoms with Crippen LogP contribution in [-0.4, -0.2) is 43.3 Å². The highest BCUT2D eigenvalue weighted by atomic mass is 35.5. The molecule has 8 nitrogen and oxygen atoms in total. The highest BCUT2D eigenvalue weighted by Crippen LogP contribution is 2.28. The number of halogens is 4. The Labute approximate surface area is 242 Å². The maximum Gasteiger partial charge on any atom is 0.335 e. The largest absolute Gasteiger partial charge is 0.478 e. The molecule has 0 radical (unpaired) electrons. The first kappa shape index (κ1) is 27.7. The molecule has 1 saturated heterocycles. The average Bonchev–Trinajstić information content (AvgIpc) is 3.27. The van der Waals surface area contributed by atoms with Gasteiger partial charge in [0.1, 0.15) is 29.8 Å². The number of fused-ring (bicyclic) bond motifs is 1. The van der Waals surface area contributed by atoms with Crippen LogP contribution in [0, 0.1) is 17.5 Å². The van der Waals surface area contributed by atoms with Crippen molar-refractivity contribution in [1.29, 1.82) is 0 Å². The minimum atomic E-state index is -1.05. The van der Waals surface area contributed by atoms with Crippen LogP contribution in [-0.2, 0) is 24.3 Å². The molecule has 0 spiro atoms. The fraction of sp³-hybridized carbons (Fsp3) is 0.200. The zero-order chi connectivity index (χ0) is 29.4. The average molecular weight is 595 g/mol. The summed E-state index contributed by atoms with van der Waals surface area (Å²) in [5.74, 6) is -2.61. The van der Waals surface area contributed by atoms with E-state index in [4.69, 9.17) is 21.1 Å². The van der Waals surface area contributed by atoms with Gasteiger partial charge < -0.3 is 19.1 Å². The van der Waals surface area contributed by atoms with Crippen molar-refractivity contribution in [3.05, 3.63) is 106 Å². The van der Waals surface area contributed by atoms with E-state index in [9.17, 15) is 18.7 Å². The second kappa shape index (κ2) is 11.4. The molecule has 0 aliphatic carbocycles. The Balaban J connectivity index is 1.26. The van der Waals surface area contributed by atoms with Gasteiger partial charge in [0.15, 0.2) is 5.82 Å². The quantitative estimate of drug-likeness (QED) is 0.216. The Morgan fingerprint density at radius 2 is 1.88 bits per heavy atom. The molecule has 214 valence electrons. The normalized spacial score (nSPS) is 14.6. The second-order valence-corrected chi connectivity index (χ2v) is 10.2. The van der Waals surface area contributed by atoms with E-state index in [-0.39, 0.29) is 52.5 Å². The molecule has 0 amide bonds. The fourth-order valence-corrected chi connectivity index (χ4v) is 4.87.